The molecule has 0 aliphatic heterocycles. The van der Waals surface area contributed by atoms with Crippen LogP contribution in [-0.4, -0.2) is 12.6 Å². The number of amides is 2. The molecule has 3 nitrogen and oxygen atoms in total. The topological polar surface area (TPSA) is 41.1 Å². The first-order valence-electron chi connectivity index (χ1n) is 7.16. The van der Waals surface area contributed by atoms with E-state index in [1.165, 1.54) is 5.56 Å². The van der Waals surface area contributed by atoms with E-state index in [1.54, 1.807) is 6.07 Å². The molecule has 0 spiro atoms. The number of anilines is 1. The fourth-order valence-corrected chi connectivity index (χ4v) is 2.34. The molecule has 0 heterocycles. The summed E-state index contributed by atoms with van der Waals surface area (Å²) >= 11 is 11.8. The normalized spacial score (nSPS) is 10.3. The maximum atomic E-state index is 11.8. The van der Waals surface area contributed by atoms with E-state index < -0.39 is 0 Å². The predicted molar refractivity (Wildman–Crippen MR) is 93.0 cm³/mol. The van der Waals surface area contributed by atoms with E-state index in [0.717, 1.165) is 17.7 Å². The Balaban J connectivity index is 1.78. The van der Waals surface area contributed by atoms with E-state index in [-0.39, 0.29) is 6.03 Å². The van der Waals surface area contributed by atoms with E-state index in [2.05, 4.69) is 17.6 Å². The summed E-state index contributed by atoms with van der Waals surface area (Å²) in [4.78, 5) is 11.8. The van der Waals surface area contributed by atoms with Crippen molar-refractivity contribution in [2.75, 3.05) is 11.9 Å². The van der Waals surface area contributed by atoms with Crippen molar-refractivity contribution in [2.24, 2.45) is 0 Å². The maximum absolute atomic E-state index is 11.8. The number of hydrogen-bond acceptors (Lipinski definition) is 1. The number of carbonyl (C=O) groups excluding carboxylic acids is 1. The summed E-state index contributed by atoms with van der Waals surface area (Å²) < 4.78 is 0. The average Bonchev–Trinajstić information content (AvgIpc) is 2.51. The predicted octanol–water partition coefficient (Wildman–Crippen LogP) is 4.92. The highest BCUT2D eigenvalue weighted by atomic mass is 35.5. The zero-order valence-corrected chi connectivity index (χ0v) is 13.8. The molecule has 0 aliphatic carbocycles. The monoisotopic (exact) mass is 336 g/mol. The van der Waals surface area contributed by atoms with Crippen LogP contribution in [0.1, 0.15) is 18.1 Å². The zero-order valence-electron chi connectivity index (χ0n) is 12.3. The second-order valence-electron chi connectivity index (χ2n) is 4.93. The molecule has 0 bridgehead atoms. The van der Waals surface area contributed by atoms with Crippen LogP contribution in [0.4, 0.5) is 10.5 Å². The molecule has 2 amide bonds. The van der Waals surface area contributed by atoms with Crippen LogP contribution >= 0.6 is 23.2 Å². The summed E-state index contributed by atoms with van der Waals surface area (Å²) in [5.74, 6) is 0. The number of nitrogens with one attached hydrogen (secondary N) is 2. The molecule has 0 radical (unpaired) electrons. The van der Waals surface area contributed by atoms with Gasteiger partial charge in [-0.25, -0.2) is 4.79 Å². The van der Waals surface area contributed by atoms with Gasteiger partial charge in [0.15, 0.2) is 0 Å². The lowest BCUT2D eigenvalue weighted by molar-refractivity contribution is 0.252. The van der Waals surface area contributed by atoms with Crippen molar-refractivity contribution < 1.29 is 4.79 Å². The van der Waals surface area contributed by atoms with E-state index in [0.29, 0.717) is 23.0 Å². The van der Waals surface area contributed by atoms with Crippen molar-refractivity contribution in [2.45, 2.75) is 19.8 Å². The van der Waals surface area contributed by atoms with Gasteiger partial charge in [0, 0.05) is 12.2 Å². The number of hydrogen-bond donors (Lipinski definition) is 2. The molecule has 0 atom stereocenters. The second-order valence-corrected chi connectivity index (χ2v) is 5.74. The first kappa shape index (κ1) is 16.7. The minimum atomic E-state index is -0.218. The van der Waals surface area contributed by atoms with Gasteiger partial charge in [0.25, 0.3) is 0 Å². The lowest BCUT2D eigenvalue weighted by Gasteiger charge is -2.08. The number of halogens is 2. The van der Waals surface area contributed by atoms with Crippen LogP contribution in [-0.2, 0) is 12.8 Å². The van der Waals surface area contributed by atoms with Crippen LogP contribution in [0.25, 0.3) is 0 Å². The van der Waals surface area contributed by atoms with Crippen LogP contribution in [0.2, 0.25) is 10.0 Å². The van der Waals surface area contributed by atoms with Gasteiger partial charge in [-0.05, 0) is 48.2 Å². The van der Waals surface area contributed by atoms with Crippen molar-refractivity contribution in [3.05, 3.63) is 63.6 Å². The van der Waals surface area contributed by atoms with Gasteiger partial charge < -0.3 is 10.6 Å². The third kappa shape index (κ3) is 4.93. The standard InChI is InChI=1S/C17H18Cl2N2O/c1-2-12-3-6-14(7-4-12)21-17(22)20-10-9-13-5-8-15(18)16(19)11-13/h3-8,11H,2,9-10H2,1H3,(H2,20,21,22). The van der Waals surface area contributed by atoms with Crippen molar-refractivity contribution in [3.63, 3.8) is 0 Å². The molecule has 2 aromatic rings. The van der Waals surface area contributed by atoms with Gasteiger partial charge in [-0.3, -0.25) is 0 Å². The molecule has 22 heavy (non-hydrogen) atoms. The highest BCUT2D eigenvalue weighted by Crippen LogP contribution is 2.22. The highest BCUT2D eigenvalue weighted by molar-refractivity contribution is 6.42. The van der Waals surface area contributed by atoms with Crippen LogP contribution in [0.15, 0.2) is 42.5 Å². The lowest BCUT2D eigenvalue weighted by atomic mass is 10.1. The summed E-state index contributed by atoms with van der Waals surface area (Å²) in [6.07, 6.45) is 1.68. The molecule has 116 valence electrons. The van der Waals surface area contributed by atoms with Gasteiger partial charge in [0.05, 0.1) is 10.0 Å². The van der Waals surface area contributed by atoms with Gasteiger partial charge in [0.1, 0.15) is 0 Å². The number of carbonyl (C=O) groups is 1. The minimum Gasteiger partial charge on any atom is -0.338 e. The molecular formula is C17H18Cl2N2O. The smallest absolute Gasteiger partial charge is 0.319 e. The zero-order chi connectivity index (χ0) is 15.9. The number of benzene rings is 2. The first-order chi connectivity index (χ1) is 10.6. The van der Waals surface area contributed by atoms with Crippen LogP contribution in [0.3, 0.4) is 0 Å². The number of rotatable bonds is 5. The molecular weight excluding hydrogens is 319 g/mol. The van der Waals surface area contributed by atoms with Gasteiger partial charge in [0.2, 0.25) is 0 Å². The molecule has 0 fully saturated rings. The fraction of sp³-hybridized carbons (Fsp3) is 0.235. The Hall–Kier alpha value is -1.71. The van der Waals surface area contributed by atoms with Crippen LogP contribution < -0.4 is 10.6 Å². The van der Waals surface area contributed by atoms with Crippen molar-refractivity contribution in [1.29, 1.82) is 0 Å². The van der Waals surface area contributed by atoms with Crippen LogP contribution in [0.5, 0.6) is 0 Å². The Morgan fingerprint density at radius 3 is 2.32 bits per heavy atom. The van der Waals surface area contributed by atoms with Crippen molar-refractivity contribution in [3.8, 4) is 0 Å². The Kier molecular flexibility index (Phi) is 6.10. The van der Waals surface area contributed by atoms with E-state index in [1.807, 2.05) is 36.4 Å². The quantitative estimate of drug-likeness (QED) is 0.799. The number of aryl methyl sites for hydroxylation is 1. The molecule has 0 saturated carbocycles. The Labute approximate surface area is 140 Å². The van der Waals surface area contributed by atoms with Gasteiger partial charge in [-0.2, -0.15) is 0 Å². The van der Waals surface area contributed by atoms with E-state index in [4.69, 9.17) is 23.2 Å². The molecule has 0 saturated heterocycles. The van der Waals surface area contributed by atoms with Crippen molar-refractivity contribution in [1.82, 2.24) is 5.32 Å². The van der Waals surface area contributed by atoms with Gasteiger partial charge in [-0.1, -0.05) is 48.3 Å². The summed E-state index contributed by atoms with van der Waals surface area (Å²) in [6, 6.07) is 13.1. The molecule has 2 rings (SSSR count). The molecule has 0 unspecified atom stereocenters. The fourth-order valence-electron chi connectivity index (χ4n) is 2.01. The summed E-state index contributed by atoms with van der Waals surface area (Å²) in [6.45, 7) is 2.62. The summed E-state index contributed by atoms with van der Waals surface area (Å²) in [7, 11) is 0. The molecule has 5 heteroatoms. The highest BCUT2D eigenvalue weighted by Gasteiger charge is 2.03. The number of urea groups is 1. The SMILES string of the molecule is CCc1ccc(NC(=O)NCCc2ccc(Cl)c(Cl)c2)cc1. The van der Waals surface area contributed by atoms with Crippen LogP contribution in [0, 0.1) is 0 Å². The van der Waals surface area contributed by atoms with E-state index >= 15 is 0 Å². The Bertz CT molecular complexity index is 642. The summed E-state index contributed by atoms with van der Waals surface area (Å²) in [5.41, 5.74) is 3.05. The minimum absolute atomic E-state index is 0.218. The molecule has 0 aliphatic rings. The lowest BCUT2D eigenvalue weighted by Crippen LogP contribution is -2.30. The van der Waals surface area contributed by atoms with Gasteiger partial charge in [-0.15, -0.1) is 0 Å². The second kappa shape index (κ2) is 8.06. The Morgan fingerprint density at radius 2 is 1.68 bits per heavy atom. The molecule has 0 aromatic heterocycles. The summed E-state index contributed by atoms with van der Waals surface area (Å²) in [5, 5.41) is 6.68. The third-order valence-electron chi connectivity index (χ3n) is 3.30. The third-order valence-corrected chi connectivity index (χ3v) is 4.04. The Morgan fingerprint density at radius 1 is 1.00 bits per heavy atom. The maximum Gasteiger partial charge on any atom is 0.319 e. The largest absolute Gasteiger partial charge is 0.338 e. The van der Waals surface area contributed by atoms with Gasteiger partial charge >= 0.3 is 6.03 Å². The van der Waals surface area contributed by atoms with Crippen molar-refractivity contribution >= 4 is 34.9 Å². The molecule has 2 N–H and O–H groups in total. The average molecular weight is 337 g/mol. The first-order valence-corrected chi connectivity index (χ1v) is 7.92. The molecule has 2 aromatic carbocycles. The van der Waals surface area contributed by atoms with E-state index in [9.17, 15) is 4.79 Å².